The molecule has 1 aliphatic rings. The van der Waals surface area contributed by atoms with Crippen LogP contribution in [0, 0.1) is 0 Å². The largest absolute Gasteiger partial charge is 0.374 e. The molecule has 2 aromatic rings. The highest BCUT2D eigenvalue weighted by Crippen LogP contribution is 2.16. The summed E-state index contributed by atoms with van der Waals surface area (Å²) in [7, 11) is 0. The van der Waals surface area contributed by atoms with Crippen molar-refractivity contribution >= 4 is 21.4 Å². The van der Waals surface area contributed by atoms with E-state index in [4.69, 9.17) is 4.74 Å². The fraction of sp³-hybridized carbons (Fsp3) is 0.500. The number of fused-ring (bicyclic) bond motifs is 1. The third-order valence-electron chi connectivity index (χ3n) is 3.66. The molecule has 0 radical (unpaired) electrons. The van der Waals surface area contributed by atoms with Crippen molar-refractivity contribution in [2.24, 2.45) is 0 Å². The fourth-order valence-electron chi connectivity index (χ4n) is 2.55. The molecular weight excluding hydrogens is 260 g/mol. The number of rotatable bonds is 3. The maximum Gasteiger partial charge on any atom is 0.259 e. The third kappa shape index (κ3) is 2.59. The molecule has 0 amide bonds. The summed E-state index contributed by atoms with van der Waals surface area (Å²) in [5.41, 5.74) is 0.0935. The van der Waals surface area contributed by atoms with Crippen LogP contribution in [0.5, 0.6) is 0 Å². The van der Waals surface area contributed by atoms with E-state index in [0.29, 0.717) is 6.54 Å². The summed E-state index contributed by atoms with van der Waals surface area (Å²) in [6.07, 6.45) is 2.00. The van der Waals surface area contributed by atoms with Gasteiger partial charge in [0.25, 0.3) is 5.56 Å². The van der Waals surface area contributed by atoms with Gasteiger partial charge in [-0.3, -0.25) is 9.69 Å². The molecule has 0 N–H and O–H groups in total. The number of morpholine rings is 1. The number of hydrogen-bond acceptors (Lipinski definition) is 4. The minimum atomic E-state index is 0.0935. The van der Waals surface area contributed by atoms with E-state index in [1.807, 2.05) is 23.7 Å². The Hall–Kier alpha value is -1.17. The lowest BCUT2D eigenvalue weighted by molar-refractivity contribution is -0.0346. The van der Waals surface area contributed by atoms with Gasteiger partial charge < -0.3 is 9.30 Å². The second kappa shape index (κ2) is 5.45. The van der Waals surface area contributed by atoms with Gasteiger partial charge in [-0.05, 0) is 24.1 Å². The average molecular weight is 278 g/mol. The predicted octanol–water partition coefficient (Wildman–Crippen LogP) is 1.78. The Bertz CT molecular complexity index is 619. The highest BCUT2D eigenvalue weighted by molar-refractivity contribution is 7.17. The van der Waals surface area contributed by atoms with E-state index in [2.05, 4.69) is 11.8 Å². The van der Waals surface area contributed by atoms with Crippen LogP contribution in [0.25, 0.3) is 10.1 Å². The number of ether oxygens (including phenoxy) is 1. The first kappa shape index (κ1) is 12.8. The number of thiophene rings is 1. The minimum Gasteiger partial charge on any atom is -0.374 e. The molecule has 1 fully saturated rings. The zero-order valence-electron chi connectivity index (χ0n) is 11.0. The molecule has 5 heteroatoms. The molecule has 0 aliphatic carbocycles. The molecule has 1 atom stereocenters. The van der Waals surface area contributed by atoms with Crippen LogP contribution in [0.3, 0.4) is 0 Å². The zero-order valence-corrected chi connectivity index (χ0v) is 11.9. The quantitative estimate of drug-likeness (QED) is 0.858. The van der Waals surface area contributed by atoms with Crippen LogP contribution in [0.1, 0.15) is 6.92 Å². The first-order chi connectivity index (χ1) is 9.28. The molecule has 19 heavy (non-hydrogen) atoms. The second-order valence-corrected chi connectivity index (χ2v) is 5.81. The molecule has 0 bridgehead atoms. The van der Waals surface area contributed by atoms with Gasteiger partial charge in [0.2, 0.25) is 0 Å². The van der Waals surface area contributed by atoms with Crippen molar-refractivity contribution in [1.29, 1.82) is 0 Å². The molecule has 1 unspecified atom stereocenters. The van der Waals surface area contributed by atoms with Gasteiger partial charge in [-0.25, -0.2) is 0 Å². The van der Waals surface area contributed by atoms with Crippen molar-refractivity contribution in [1.82, 2.24) is 9.47 Å². The lowest BCUT2D eigenvalue weighted by Crippen LogP contribution is -2.44. The average Bonchev–Trinajstić information content (AvgIpc) is 2.91. The van der Waals surface area contributed by atoms with Gasteiger partial charge in [-0.1, -0.05) is 6.92 Å². The molecule has 3 heterocycles. The van der Waals surface area contributed by atoms with E-state index < -0.39 is 0 Å². The number of nitrogens with zero attached hydrogens (tertiary/aromatic N) is 2. The standard InChI is InChI=1S/C14H18N2O2S/c1-2-15-6-7-18-11(9-15)10-16-5-3-13-12(14(16)17)4-8-19-13/h3-5,8,11H,2,6-7,9-10H2,1H3. The minimum absolute atomic E-state index is 0.0935. The van der Waals surface area contributed by atoms with E-state index in [1.54, 1.807) is 15.9 Å². The second-order valence-electron chi connectivity index (χ2n) is 4.86. The van der Waals surface area contributed by atoms with Crippen LogP contribution >= 0.6 is 11.3 Å². The SMILES string of the molecule is CCN1CCOC(Cn2ccc3sccc3c2=O)C1. The predicted molar refractivity (Wildman–Crippen MR) is 77.9 cm³/mol. The van der Waals surface area contributed by atoms with Gasteiger partial charge in [0.1, 0.15) is 0 Å². The highest BCUT2D eigenvalue weighted by Gasteiger charge is 2.20. The van der Waals surface area contributed by atoms with E-state index in [9.17, 15) is 4.79 Å². The number of pyridine rings is 1. The third-order valence-corrected chi connectivity index (χ3v) is 4.54. The topological polar surface area (TPSA) is 34.5 Å². The normalized spacial score (nSPS) is 21.0. The van der Waals surface area contributed by atoms with E-state index in [-0.39, 0.29) is 11.7 Å². The van der Waals surface area contributed by atoms with Crippen molar-refractivity contribution in [2.45, 2.75) is 19.6 Å². The first-order valence-corrected chi connectivity index (χ1v) is 7.56. The van der Waals surface area contributed by atoms with Crippen LogP contribution in [0.4, 0.5) is 0 Å². The lowest BCUT2D eigenvalue weighted by atomic mass is 10.2. The van der Waals surface area contributed by atoms with Gasteiger partial charge in [-0.15, -0.1) is 11.3 Å². The van der Waals surface area contributed by atoms with Gasteiger partial charge in [0.05, 0.1) is 24.6 Å². The molecular formula is C14H18N2O2S. The molecule has 4 nitrogen and oxygen atoms in total. The summed E-state index contributed by atoms with van der Waals surface area (Å²) in [5.74, 6) is 0. The number of likely N-dealkylation sites (N-methyl/N-ethyl adjacent to an activating group) is 1. The maximum atomic E-state index is 12.3. The fourth-order valence-corrected chi connectivity index (χ4v) is 3.32. The zero-order chi connectivity index (χ0) is 13.2. The van der Waals surface area contributed by atoms with Crippen LogP contribution in [-0.4, -0.2) is 41.8 Å². The first-order valence-electron chi connectivity index (χ1n) is 6.68. The van der Waals surface area contributed by atoms with E-state index >= 15 is 0 Å². The Morgan fingerprint density at radius 3 is 3.21 bits per heavy atom. The lowest BCUT2D eigenvalue weighted by Gasteiger charge is -2.32. The molecule has 1 aliphatic heterocycles. The number of aromatic nitrogens is 1. The molecule has 0 saturated carbocycles. The molecule has 0 aromatic carbocycles. The molecule has 0 spiro atoms. The van der Waals surface area contributed by atoms with E-state index in [1.165, 1.54) is 0 Å². The van der Waals surface area contributed by atoms with Crippen LogP contribution in [0.15, 0.2) is 28.5 Å². The Kier molecular flexibility index (Phi) is 3.68. The van der Waals surface area contributed by atoms with Crippen LogP contribution < -0.4 is 5.56 Å². The van der Waals surface area contributed by atoms with Gasteiger partial charge in [-0.2, -0.15) is 0 Å². The van der Waals surface area contributed by atoms with E-state index in [0.717, 1.165) is 36.3 Å². The highest BCUT2D eigenvalue weighted by atomic mass is 32.1. The van der Waals surface area contributed by atoms with Gasteiger partial charge in [0.15, 0.2) is 0 Å². The summed E-state index contributed by atoms with van der Waals surface area (Å²) >= 11 is 1.61. The summed E-state index contributed by atoms with van der Waals surface area (Å²) in [4.78, 5) is 14.7. The Morgan fingerprint density at radius 1 is 1.47 bits per heavy atom. The summed E-state index contributed by atoms with van der Waals surface area (Å²) in [6.45, 7) is 6.50. The van der Waals surface area contributed by atoms with Crippen molar-refractivity contribution in [2.75, 3.05) is 26.2 Å². The maximum absolute atomic E-state index is 12.3. The van der Waals surface area contributed by atoms with Crippen molar-refractivity contribution in [3.8, 4) is 0 Å². The van der Waals surface area contributed by atoms with Crippen molar-refractivity contribution in [3.05, 3.63) is 34.1 Å². The van der Waals surface area contributed by atoms with Crippen molar-refractivity contribution < 1.29 is 4.74 Å². The van der Waals surface area contributed by atoms with Gasteiger partial charge >= 0.3 is 0 Å². The monoisotopic (exact) mass is 278 g/mol. The summed E-state index contributed by atoms with van der Waals surface area (Å²) in [5, 5.41) is 2.78. The molecule has 3 rings (SSSR count). The van der Waals surface area contributed by atoms with Crippen LogP contribution in [-0.2, 0) is 11.3 Å². The Morgan fingerprint density at radius 2 is 2.37 bits per heavy atom. The van der Waals surface area contributed by atoms with Gasteiger partial charge in [0, 0.05) is 24.0 Å². The summed E-state index contributed by atoms with van der Waals surface area (Å²) < 4.78 is 8.60. The Labute approximate surface area is 116 Å². The summed E-state index contributed by atoms with van der Waals surface area (Å²) in [6, 6.07) is 3.92. The number of hydrogen-bond donors (Lipinski definition) is 0. The smallest absolute Gasteiger partial charge is 0.259 e. The molecule has 1 saturated heterocycles. The van der Waals surface area contributed by atoms with Crippen LogP contribution in [0.2, 0.25) is 0 Å². The molecule has 2 aromatic heterocycles. The molecule has 102 valence electrons. The Balaban J connectivity index is 1.81. The van der Waals surface area contributed by atoms with Crippen molar-refractivity contribution in [3.63, 3.8) is 0 Å².